The minimum Gasteiger partial charge on any atom is -0.371 e. The number of nitrogens with one attached hydrogen (secondary N) is 1. The second-order valence-electron chi connectivity index (χ2n) is 4.43. The number of nitrogens with zero attached hydrogens (tertiary/aromatic N) is 1. The molecule has 0 radical (unpaired) electrons. The number of halogens is 2. The molecule has 7 heteroatoms. The molecule has 1 aromatic carbocycles. The lowest BCUT2D eigenvalue weighted by Gasteiger charge is -2.17. The van der Waals surface area contributed by atoms with E-state index < -0.39 is 23.7 Å². The van der Waals surface area contributed by atoms with Gasteiger partial charge in [-0.2, -0.15) is 5.26 Å². The quantitative estimate of drug-likeness (QED) is 0.769. The zero-order chi connectivity index (χ0) is 16.7. The lowest BCUT2D eigenvalue weighted by atomic mass is 9.98. The minimum absolute atomic E-state index is 0.224. The van der Waals surface area contributed by atoms with Crippen molar-refractivity contribution in [1.29, 1.82) is 5.26 Å². The van der Waals surface area contributed by atoms with Crippen molar-refractivity contribution >= 4 is 40.6 Å². The zero-order valence-electron chi connectivity index (χ0n) is 12.2. The molecular formula is C15H16Cl2N2O3. The number of ketones is 1. The van der Waals surface area contributed by atoms with Gasteiger partial charge >= 0.3 is 0 Å². The molecular weight excluding hydrogens is 327 g/mol. The van der Waals surface area contributed by atoms with Crippen LogP contribution in [0.2, 0.25) is 10.0 Å². The molecule has 5 nitrogen and oxygen atoms in total. The van der Waals surface area contributed by atoms with Gasteiger partial charge in [-0.3, -0.25) is 9.59 Å². The van der Waals surface area contributed by atoms with Gasteiger partial charge in [-0.05, 0) is 31.5 Å². The molecule has 2 atom stereocenters. The third kappa shape index (κ3) is 4.70. The molecule has 1 N–H and O–H groups in total. The molecule has 0 fully saturated rings. The first-order valence-electron chi connectivity index (χ1n) is 6.75. The number of benzene rings is 1. The molecule has 1 amide bonds. The van der Waals surface area contributed by atoms with Crippen LogP contribution in [-0.4, -0.2) is 24.4 Å². The molecule has 0 aliphatic rings. The van der Waals surface area contributed by atoms with E-state index in [9.17, 15) is 9.59 Å². The predicted octanol–water partition coefficient (Wildman–Crippen LogP) is 3.46. The summed E-state index contributed by atoms with van der Waals surface area (Å²) in [6.45, 7) is 3.82. The number of nitriles is 1. The summed E-state index contributed by atoms with van der Waals surface area (Å²) in [5.74, 6) is -2.76. The maximum atomic E-state index is 12.2. The van der Waals surface area contributed by atoms with Crippen molar-refractivity contribution in [3.8, 4) is 6.07 Å². The number of Topliss-reactive ketones (excluding diaryl/α,β-unsaturated/α-hetero) is 1. The fourth-order valence-electron chi connectivity index (χ4n) is 1.84. The lowest BCUT2D eigenvalue weighted by molar-refractivity contribution is -0.137. The van der Waals surface area contributed by atoms with Crippen LogP contribution in [0.4, 0.5) is 5.69 Å². The van der Waals surface area contributed by atoms with E-state index in [0.717, 1.165) is 0 Å². The average Bonchev–Trinajstić information content (AvgIpc) is 2.48. The number of ether oxygens (including phenoxy) is 1. The average molecular weight is 343 g/mol. The topological polar surface area (TPSA) is 79.2 Å². The Hall–Kier alpha value is -1.61. The van der Waals surface area contributed by atoms with Crippen LogP contribution in [-0.2, 0) is 14.3 Å². The molecule has 1 aromatic rings. The van der Waals surface area contributed by atoms with E-state index in [0.29, 0.717) is 18.1 Å². The first-order chi connectivity index (χ1) is 10.4. The van der Waals surface area contributed by atoms with Crippen LogP contribution in [0, 0.1) is 17.2 Å². The molecule has 118 valence electrons. The van der Waals surface area contributed by atoms with Gasteiger partial charge in [-0.1, -0.05) is 30.1 Å². The molecule has 0 saturated carbocycles. The summed E-state index contributed by atoms with van der Waals surface area (Å²) >= 11 is 11.7. The SMILES string of the molecule is CCO[C@@H](CC)C(=O)[C@@H](C#N)C(=O)Nc1ccc(Cl)cc1Cl. The highest BCUT2D eigenvalue weighted by Crippen LogP contribution is 2.26. The van der Waals surface area contributed by atoms with Crippen LogP contribution in [0.25, 0.3) is 0 Å². The number of amides is 1. The summed E-state index contributed by atoms with van der Waals surface area (Å²) in [6.07, 6.45) is -0.388. The zero-order valence-corrected chi connectivity index (χ0v) is 13.7. The van der Waals surface area contributed by atoms with Crippen LogP contribution in [0.3, 0.4) is 0 Å². The number of hydrogen-bond acceptors (Lipinski definition) is 4. The Labute approximate surface area is 139 Å². The third-order valence-corrected chi connectivity index (χ3v) is 3.47. The Balaban J connectivity index is 2.89. The number of carbonyl (C=O) groups is 2. The summed E-state index contributed by atoms with van der Waals surface area (Å²) in [5.41, 5.74) is 0.286. The predicted molar refractivity (Wildman–Crippen MR) is 84.9 cm³/mol. The van der Waals surface area contributed by atoms with Crippen LogP contribution in [0.15, 0.2) is 18.2 Å². The highest BCUT2D eigenvalue weighted by atomic mass is 35.5. The van der Waals surface area contributed by atoms with Gasteiger partial charge < -0.3 is 10.1 Å². The first kappa shape index (κ1) is 18.4. The molecule has 1 rings (SSSR count). The van der Waals surface area contributed by atoms with Gasteiger partial charge in [0.15, 0.2) is 11.7 Å². The lowest BCUT2D eigenvalue weighted by Crippen LogP contribution is -2.36. The van der Waals surface area contributed by atoms with Crippen molar-refractivity contribution in [2.45, 2.75) is 26.4 Å². The van der Waals surface area contributed by atoms with Gasteiger partial charge in [-0.25, -0.2) is 0 Å². The fourth-order valence-corrected chi connectivity index (χ4v) is 2.29. The van der Waals surface area contributed by atoms with E-state index in [2.05, 4.69) is 5.32 Å². The summed E-state index contributed by atoms with van der Waals surface area (Å²) in [7, 11) is 0. The smallest absolute Gasteiger partial charge is 0.249 e. The molecule has 0 spiro atoms. The molecule has 0 aliphatic carbocycles. The van der Waals surface area contributed by atoms with Gasteiger partial charge in [-0.15, -0.1) is 0 Å². The summed E-state index contributed by atoms with van der Waals surface area (Å²) in [5, 5.41) is 12.2. The molecule has 0 heterocycles. The van der Waals surface area contributed by atoms with Gasteiger partial charge in [0, 0.05) is 11.6 Å². The Bertz CT molecular complexity index is 599. The van der Waals surface area contributed by atoms with Crippen LogP contribution in [0.5, 0.6) is 0 Å². The number of carbonyl (C=O) groups excluding carboxylic acids is 2. The van der Waals surface area contributed by atoms with Crippen LogP contribution < -0.4 is 5.32 Å². The maximum absolute atomic E-state index is 12.2. The van der Waals surface area contributed by atoms with Crippen molar-refractivity contribution < 1.29 is 14.3 Å². The number of rotatable bonds is 7. The van der Waals surface area contributed by atoms with Gasteiger partial charge in [0.25, 0.3) is 0 Å². The highest BCUT2D eigenvalue weighted by Gasteiger charge is 2.32. The van der Waals surface area contributed by atoms with E-state index in [1.54, 1.807) is 26.0 Å². The second kappa shape index (κ2) is 8.74. The summed E-state index contributed by atoms with van der Waals surface area (Å²) in [4.78, 5) is 24.3. The third-order valence-electron chi connectivity index (χ3n) is 2.92. The molecule has 0 unspecified atom stereocenters. The molecule has 0 saturated heterocycles. The van der Waals surface area contributed by atoms with Gasteiger partial charge in [0.2, 0.25) is 5.91 Å². The molecule has 22 heavy (non-hydrogen) atoms. The largest absolute Gasteiger partial charge is 0.371 e. The Morgan fingerprint density at radius 3 is 2.55 bits per heavy atom. The molecule has 0 aromatic heterocycles. The Morgan fingerprint density at radius 1 is 1.36 bits per heavy atom. The van der Waals surface area contributed by atoms with Crippen molar-refractivity contribution in [2.75, 3.05) is 11.9 Å². The molecule has 0 bridgehead atoms. The van der Waals surface area contributed by atoms with Crippen molar-refractivity contribution in [1.82, 2.24) is 0 Å². The highest BCUT2D eigenvalue weighted by molar-refractivity contribution is 6.36. The van der Waals surface area contributed by atoms with Crippen molar-refractivity contribution in [3.05, 3.63) is 28.2 Å². The van der Waals surface area contributed by atoms with Crippen molar-refractivity contribution in [3.63, 3.8) is 0 Å². The van der Waals surface area contributed by atoms with E-state index in [4.69, 9.17) is 33.2 Å². The Kier molecular flexibility index (Phi) is 7.33. The van der Waals surface area contributed by atoms with E-state index in [1.165, 1.54) is 12.1 Å². The monoisotopic (exact) mass is 342 g/mol. The maximum Gasteiger partial charge on any atom is 0.249 e. The van der Waals surface area contributed by atoms with Gasteiger partial charge in [0.1, 0.15) is 6.10 Å². The van der Waals surface area contributed by atoms with Gasteiger partial charge in [0.05, 0.1) is 16.8 Å². The summed E-state index contributed by atoms with van der Waals surface area (Å²) < 4.78 is 5.25. The normalized spacial score (nSPS) is 13.0. The van der Waals surface area contributed by atoms with E-state index in [1.807, 2.05) is 0 Å². The minimum atomic E-state index is -1.46. The summed E-state index contributed by atoms with van der Waals surface area (Å²) in [6, 6.07) is 6.21. The van der Waals surface area contributed by atoms with Crippen LogP contribution >= 0.6 is 23.2 Å². The van der Waals surface area contributed by atoms with Crippen molar-refractivity contribution in [2.24, 2.45) is 5.92 Å². The second-order valence-corrected chi connectivity index (χ2v) is 5.27. The fraction of sp³-hybridized carbons (Fsp3) is 0.400. The van der Waals surface area contributed by atoms with Crippen LogP contribution in [0.1, 0.15) is 20.3 Å². The first-order valence-corrected chi connectivity index (χ1v) is 7.51. The Morgan fingerprint density at radius 2 is 2.05 bits per heavy atom. The number of anilines is 1. The number of hydrogen-bond donors (Lipinski definition) is 1. The molecule has 0 aliphatic heterocycles. The van der Waals surface area contributed by atoms with E-state index in [-0.39, 0.29) is 10.7 Å². The van der Waals surface area contributed by atoms with E-state index >= 15 is 0 Å². The standard InChI is InChI=1S/C15H16Cl2N2O3/c1-3-13(22-4-2)14(20)10(8-18)15(21)19-12-6-5-9(16)7-11(12)17/h5-7,10,13H,3-4H2,1-2H3,(H,19,21)/t10-,13+/m1/s1.